The summed E-state index contributed by atoms with van der Waals surface area (Å²) in [6.07, 6.45) is 5.51. The highest BCUT2D eigenvalue weighted by atomic mass is 15.0. The number of nitrogens with one attached hydrogen (secondary N) is 1. The van der Waals surface area contributed by atoms with Gasteiger partial charge in [0, 0.05) is 5.54 Å². The molecule has 1 aromatic carbocycles. The van der Waals surface area contributed by atoms with Gasteiger partial charge in [0.15, 0.2) is 0 Å². The number of rotatable bonds is 1. The molecule has 1 nitrogen and oxygen atoms in total. The fourth-order valence-corrected chi connectivity index (χ4v) is 3.19. The molecule has 1 N–H and O–H groups in total. The molecule has 0 unspecified atom stereocenters. The van der Waals surface area contributed by atoms with Crippen molar-refractivity contribution >= 4 is 0 Å². The number of fused-ring (bicyclic) bond motifs is 2. The lowest BCUT2D eigenvalue weighted by molar-refractivity contribution is 0.288. The molecule has 2 bridgehead atoms. The summed E-state index contributed by atoms with van der Waals surface area (Å²) in [4.78, 5) is 0. The smallest absolute Gasteiger partial charge is 0.0437 e. The van der Waals surface area contributed by atoms with Gasteiger partial charge in [0.25, 0.3) is 0 Å². The zero-order valence-corrected chi connectivity index (χ0v) is 8.50. The van der Waals surface area contributed by atoms with E-state index in [1.807, 2.05) is 0 Å². The maximum atomic E-state index is 3.75. The average molecular weight is 187 g/mol. The molecular weight excluding hydrogens is 170 g/mol. The van der Waals surface area contributed by atoms with Crippen LogP contribution in [0.5, 0.6) is 0 Å². The maximum Gasteiger partial charge on any atom is 0.0437 e. The van der Waals surface area contributed by atoms with Gasteiger partial charge in [-0.3, -0.25) is 0 Å². The number of benzene rings is 1. The van der Waals surface area contributed by atoms with Crippen LogP contribution in [0.3, 0.4) is 0 Å². The highest BCUT2D eigenvalue weighted by molar-refractivity contribution is 5.27. The van der Waals surface area contributed by atoms with Crippen molar-refractivity contribution in [3.8, 4) is 0 Å². The van der Waals surface area contributed by atoms with Crippen LogP contribution in [-0.2, 0) is 5.54 Å². The first-order chi connectivity index (χ1) is 6.89. The van der Waals surface area contributed by atoms with E-state index in [4.69, 9.17) is 0 Å². The van der Waals surface area contributed by atoms with E-state index < -0.39 is 0 Å². The molecule has 2 fully saturated rings. The number of hydrogen-bond acceptors (Lipinski definition) is 1. The summed E-state index contributed by atoms with van der Waals surface area (Å²) in [5.41, 5.74) is 1.84. The molecule has 1 heterocycles. The second-order valence-electron chi connectivity index (χ2n) is 4.79. The van der Waals surface area contributed by atoms with Gasteiger partial charge in [-0.2, -0.15) is 0 Å². The van der Waals surface area contributed by atoms with E-state index in [0.717, 1.165) is 5.92 Å². The highest BCUT2D eigenvalue weighted by Crippen LogP contribution is 2.43. The summed E-state index contributed by atoms with van der Waals surface area (Å²) in [5.74, 6) is 0.934. The van der Waals surface area contributed by atoms with Crippen LogP contribution in [0.4, 0.5) is 0 Å². The Kier molecular flexibility index (Phi) is 1.88. The van der Waals surface area contributed by atoms with Crippen LogP contribution in [0.2, 0.25) is 0 Å². The second kappa shape index (κ2) is 3.09. The molecular formula is C13H17N. The van der Waals surface area contributed by atoms with Crippen LogP contribution < -0.4 is 5.32 Å². The van der Waals surface area contributed by atoms with Crippen molar-refractivity contribution in [2.75, 3.05) is 6.54 Å². The second-order valence-corrected chi connectivity index (χ2v) is 4.79. The van der Waals surface area contributed by atoms with E-state index in [2.05, 4.69) is 35.6 Å². The summed E-state index contributed by atoms with van der Waals surface area (Å²) in [6, 6.07) is 11.0. The van der Waals surface area contributed by atoms with Crippen molar-refractivity contribution in [2.45, 2.75) is 31.2 Å². The van der Waals surface area contributed by atoms with Gasteiger partial charge in [0.1, 0.15) is 0 Å². The molecule has 1 saturated carbocycles. The monoisotopic (exact) mass is 187 g/mol. The SMILES string of the molecule is c1ccc([C@]23CCC[C@H](CN2)C3)cc1. The lowest BCUT2D eigenvalue weighted by Crippen LogP contribution is -2.36. The lowest BCUT2D eigenvalue weighted by Gasteiger charge is -2.33. The third kappa shape index (κ3) is 1.19. The van der Waals surface area contributed by atoms with Gasteiger partial charge in [0.05, 0.1) is 0 Å². The molecule has 0 spiro atoms. The first kappa shape index (κ1) is 8.49. The Labute approximate surface area is 85.5 Å². The van der Waals surface area contributed by atoms with Crippen LogP contribution in [-0.4, -0.2) is 6.54 Å². The van der Waals surface area contributed by atoms with Gasteiger partial charge < -0.3 is 5.32 Å². The highest BCUT2D eigenvalue weighted by Gasteiger charge is 2.42. The molecule has 74 valence electrons. The van der Waals surface area contributed by atoms with Gasteiger partial charge in [-0.1, -0.05) is 36.8 Å². The van der Waals surface area contributed by atoms with Crippen molar-refractivity contribution in [2.24, 2.45) is 5.92 Å². The molecule has 3 rings (SSSR count). The van der Waals surface area contributed by atoms with Crippen LogP contribution >= 0.6 is 0 Å². The van der Waals surface area contributed by atoms with Gasteiger partial charge in [-0.05, 0) is 37.3 Å². The minimum absolute atomic E-state index is 0.337. The Morgan fingerprint density at radius 1 is 1.21 bits per heavy atom. The summed E-state index contributed by atoms with van der Waals surface area (Å²) in [7, 11) is 0. The molecule has 2 atom stereocenters. The van der Waals surface area contributed by atoms with E-state index in [0.29, 0.717) is 5.54 Å². The molecule has 0 radical (unpaired) electrons. The normalized spacial score (nSPS) is 35.9. The van der Waals surface area contributed by atoms with Crippen LogP contribution in [0.25, 0.3) is 0 Å². The van der Waals surface area contributed by atoms with Crippen LogP contribution in [0, 0.1) is 5.92 Å². The van der Waals surface area contributed by atoms with Crippen LogP contribution in [0.15, 0.2) is 30.3 Å². The lowest BCUT2D eigenvalue weighted by atomic mass is 9.76. The summed E-state index contributed by atoms with van der Waals surface area (Å²) in [5, 5.41) is 3.75. The van der Waals surface area contributed by atoms with Crippen molar-refractivity contribution < 1.29 is 0 Å². The molecule has 0 aromatic heterocycles. The molecule has 0 amide bonds. The number of hydrogen-bond donors (Lipinski definition) is 1. The van der Waals surface area contributed by atoms with E-state index in [1.165, 1.54) is 37.8 Å². The van der Waals surface area contributed by atoms with E-state index in [9.17, 15) is 0 Å². The molecule has 2 aliphatic rings. The predicted octanol–water partition coefficient (Wildman–Crippen LogP) is 2.68. The molecule has 1 aromatic rings. The quantitative estimate of drug-likeness (QED) is 0.712. The van der Waals surface area contributed by atoms with Crippen molar-refractivity contribution in [1.82, 2.24) is 5.32 Å². The van der Waals surface area contributed by atoms with Crippen molar-refractivity contribution in [3.63, 3.8) is 0 Å². The predicted molar refractivity (Wildman–Crippen MR) is 58.1 cm³/mol. The zero-order valence-electron chi connectivity index (χ0n) is 8.50. The molecule has 1 heteroatoms. The first-order valence-corrected chi connectivity index (χ1v) is 5.70. The summed E-state index contributed by atoms with van der Waals surface area (Å²) >= 11 is 0. The Hall–Kier alpha value is -0.820. The Bertz CT molecular complexity index is 315. The Morgan fingerprint density at radius 3 is 2.93 bits per heavy atom. The van der Waals surface area contributed by atoms with Crippen molar-refractivity contribution in [3.05, 3.63) is 35.9 Å². The van der Waals surface area contributed by atoms with Gasteiger partial charge >= 0.3 is 0 Å². The molecule has 1 aliphatic carbocycles. The minimum atomic E-state index is 0.337. The fourth-order valence-electron chi connectivity index (χ4n) is 3.19. The molecule has 14 heavy (non-hydrogen) atoms. The largest absolute Gasteiger partial charge is 0.307 e. The Morgan fingerprint density at radius 2 is 2.07 bits per heavy atom. The van der Waals surface area contributed by atoms with E-state index >= 15 is 0 Å². The van der Waals surface area contributed by atoms with Gasteiger partial charge in [-0.15, -0.1) is 0 Å². The van der Waals surface area contributed by atoms with E-state index in [1.54, 1.807) is 0 Å². The average Bonchev–Trinajstić information content (AvgIpc) is 2.57. The maximum absolute atomic E-state index is 3.75. The topological polar surface area (TPSA) is 12.0 Å². The van der Waals surface area contributed by atoms with E-state index in [-0.39, 0.29) is 0 Å². The summed E-state index contributed by atoms with van der Waals surface area (Å²) < 4.78 is 0. The Balaban J connectivity index is 1.97. The standard InChI is InChI=1S/C13H17N/c1-2-6-12(7-3-1)13-8-4-5-11(9-13)10-14-13/h1-3,6-7,11,14H,4-5,8-10H2/t11-,13+/m0/s1. The minimum Gasteiger partial charge on any atom is -0.307 e. The zero-order chi connectivity index (χ0) is 9.43. The first-order valence-electron chi connectivity index (χ1n) is 5.70. The molecule has 1 aliphatic heterocycles. The van der Waals surface area contributed by atoms with Crippen molar-refractivity contribution in [1.29, 1.82) is 0 Å². The third-order valence-electron chi connectivity index (χ3n) is 3.91. The molecule has 1 saturated heterocycles. The van der Waals surface area contributed by atoms with Crippen LogP contribution in [0.1, 0.15) is 31.2 Å². The summed E-state index contributed by atoms with van der Waals surface area (Å²) in [6.45, 7) is 1.23. The van der Waals surface area contributed by atoms with Gasteiger partial charge in [-0.25, -0.2) is 0 Å². The fraction of sp³-hybridized carbons (Fsp3) is 0.538. The van der Waals surface area contributed by atoms with Gasteiger partial charge in [0.2, 0.25) is 0 Å². The third-order valence-corrected chi connectivity index (χ3v) is 3.91.